The third kappa shape index (κ3) is 3.78. The van der Waals surface area contributed by atoms with Crippen molar-refractivity contribution in [2.75, 3.05) is 26.9 Å². The maximum Gasteiger partial charge on any atom is 0.104 e. The maximum atomic E-state index is 5.80. The van der Waals surface area contributed by atoms with Crippen LogP contribution in [0.2, 0.25) is 0 Å². The van der Waals surface area contributed by atoms with Gasteiger partial charge >= 0.3 is 0 Å². The zero-order valence-electron chi connectivity index (χ0n) is 12.4. The summed E-state index contributed by atoms with van der Waals surface area (Å²) in [7, 11) is 1.98. The molecule has 0 aromatic heterocycles. The number of rotatable bonds is 5. The van der Waals surface area contributed by atoms with Crippen LogP contribution >= 0.6 is 0 Å². The molecule has 1 fully saturated rings. The maximum absolute atomic E-state index is 5.80. The van der Waals surface area contributed by atoms with Crippen molar-refractivity contribution in [1.29, 1.82) is 0 Å². The summed E-state index contributed by atoms with van der Waals surface area (Å²) in [6.07, 6.45) is 0.282. The summed E-state index contributed by atoms with van der Waals surface area (Å²) in [5.74, 6) is 0. The van der Waals surface area contributed by atoms with Gasteiger partial charge in [-0.3, -0.25) is 0 Å². The minimum atomic E-state index is 0.202. The highest BCUT2D eigenvalue weighted by atomic mass is 16.6. The molecule has 0 aliphatic carbocycles. The highest BCUT2D eigenvalue weighted by molar-refractivity contribution is 5.29. The predicted molar refractivity (Wildman–Crippen MR) is 77.5 cm³/mol. The lowest BCUT2D eigenvalue weighted by molar-refractivity contribution is -0.133. The zero-order chi connectivity index (χ0) is 13.9. The van der Waals surface area contributed by atoms with Gasteiger partial charge < -0.3 is 14.8 Å². The number of likely N-dealkylation sites (N-methyl/N-ethyl adjacent to an activating group) is 1. The Hall–Kier alpha value is -0.900. The summed E-state index contributed by atoms with van der Waals surface area (Å²) in [6.45, 7) is 8.87. The molecule has 1 aliphatic heterocycles. The van der Waals surface area contributed by atoms with Crippen molar-refractivity contribution < 1.29 is 9.47 Å². The summed E-state index contributed by atoms with van der Waals surface area (Å²) in [4.78, 5) is 0. The van der Waals surface area contributed by atoms with E-state index < -0.39 is 0 Å². The van der Waals surface area contributed by atoms with E-state index >= 15 is 0 Å². The summed E-state index contributed by atoms with van der Waals surface area (Å²) in [6, 6.07) is 9.07. The molecule has 19 heavy (non-hydrogen) atoms. The predicted octanol–water partition coefficient (Wildman–Crippen LogP) is 2.66. The topological polar surface area (TPSA) is 30.5 Å². The Kier molecular flexibility index (Phi) is 4.61. The van der Waals surface area contributed by atoms with Crippen molar-refractivity contribution in [3.05, 3.63) is 35.4 Å². The van der Waals surface area contributed by atoms with E-state index in [4.69, 9.17) is 9.47 Å². The number of hydrogen-bond acceptors (Lipinski definition) is 3. The van der Waals surface area contributed by atoms with Crippen LogP contribution < -0.4 is 5.32 Å². The minimum Gasteiger partial charge on any atom is -0.376 e. The first-order chi connectivity index (χ1) is 9.00. The van der Waals surface area contributed by atoms with Gasteiger partial charge in [-0.1, -0.05) is 45.0 Å². The lowest BCUT2D eigenvalue weighted by Crippen LogP contribution is -2.38. The molecule has 1 aromatic carbocycles. The summed E-state index contributed by atoms with van der Waals surface area (Å²) < 4.78 is 10.9. The summed E-state index contributed by atoms with van der Waals surface area (Å²) in [5, 5.41) is 3.31. The molecule has 1 N–H and O–H groups in total. The van der Waals surface area contributed by atoms with Crippen LogP contribution in [-0.2, 0) is 14.9 Å². The highest BCUT2D eigenvalue weighted by Gasteiger charge is 2.21. The Morgan fingerprint density at radius 3 is 2.32 bits per heavy atom. The van der Waals surface area contributed by atoms with Gasteiger partial charge in [-0.25, -0.2) is 0 Å². The van der Waals surface area contributed by atoms with Gasteiger partial charge in [0.2, 0.25) is 0 Å². The second-order valence-electron chi connectivity index (χ2n) is 6.21. The third-order valence-electron chi connectivity index (χ3n) is 3.63. The molecule has 1 heterocycles. The van der Waals surface area contributed by atoms with Gasteiger partial charge in [-0.15, -0.1) is 0 Å². The molecule has 1 unspecified atom stereocenters. The van der Waals surface area contributed by atoms with E-state index in [1.54, 1.807) is 0 Å². The number of benzene rings is 1. The van der Waals surface area contributed by atoms with Crippen molar-refractivity contribution >= 4 is 0 Å². The second kappa shape index (κ2) is 6.04. The second-order valence-corrected chi connectivity index (χ2v) is 6.21. The van der Waals surface area contributed by atoms with E-state index in [2.05, 4.69) is 50.4 Å². The smallest absolute Gasteiger partial charge is 0.104 e. The first-order valence-corrected chi connectivity index (χ1v) is 6.98. The largest absolute Gasteiger partial charge is 0.376 e. The van der Waals surface area contributed by atoms with Crippen molar-refractivity contribution in [1.82, 2.24) is 5.32 Å². The lowest BCUT2D eigenvalue weighted by atomic mass is 9.86. The normalized spacial score (nSPS) is 18.1. The van der Waals surface area contributed by atoms with Crippen molar-refractivity contribution in [2.24, 2.45) is 0 Å². The van der Waals surface area contributed by atoms with Crippen molar-refractivity contribution in [2.45, 2.75) is 38.3 Å². The average molecular weight is 263 g/mol. The number of nitrogens with one attached hydrogen (secondary N) is 1. The van der Waals surface area contributed by atoms with Gasteiger partial charge in [-0.2, -0.15) is 0 Å². The molecular formula is C16H25NO2. The van der Waals surface area contributed by atoms with Crippen molar-refractivity contribution in [3.63, 3.8) is 0 Å². The molecule has 106 valence electrons. The highest BCUT2D eigenvalue weighted by Crippen LogP contribution is 2.24. The molecule has 3 heteroatoms. The van der Waals surface area contributed by atoms with Crippen LogP contribution in [0.5, 0.6) is 0 Å². The fraction of sp³-hybridized carbons (Fsp3) is 0.625. The van der Waals surface area contributed by atoms with Crippen LogP contribution in [0.1, 0.15) is 37.9 Å². The molecule has 1 aromatic rings. The molecule has 1 aliphatic rings. The van der Waals surface area contributed by atoms with E-state index in [1.807, 2.05) is 7.05 Å². The zero-order valence-corrected chi connectivity index (χ0v) is 12.4. The van der Waals surface area contributed by atoms with E-state index in [0.717, 1.165) is 13.2 Å². The van der Waals surface area contributed by atoms with Crippen LogP contribution in [0.25, 0.3) is 0 Å². The molecule has 1 saturated heterocycles. The lowest BCUT2D eigenvalue weighted by Gasteiger charge is -2.28. The van der Waals surface area contributed by atoms with Crippen LogP contribution in [0, 0.1) is 0 Å². The molecule has 3 nitrogen and oxygen atoms in total. The standard InChI is InChI=1S/C16H25NO2/c1-16(2,3)13-7-5-12(6-8-13)15(17-4)11-19-14-9-18-10-14/h5-8,14-15,17H,9-11H2,1-4H3. The Bertz CT molecular complexity index is 390. The van der Waals surface area contributed by atoms with Crippen LogP contribution in [0.15, 0.2) is 24.3 Å². The molecule has 0 radical (unpaired) electrons. The molecule has 0 spiro atoms. The minimum absolute atomic E-state index is 0.202. The van der Waals surface area contributed by atoms with Gasteiger partial charge in [0, 0.05) is 0 Å². The fourth-order valence-corrected chi connectivity index (χ4v) is 2.10. The van der Waals surface area contributed by atoms with Gasteiger partial charge in [-0.05, 0) is 23.6 Å². The molecular weight excluding hydrogens is 238 g/mol. The van der Waals surface area contributed by atoms with Gasteiger partial charge in [0.15, 0.2) is 0 Å². The van der Waals surface area contributed by atoms with E-state index in [1.165, 1.54) is 11.1 Å². The van der Waals surface area contributed by atoms with Gasteiger partial charge in [0.25, 0.3) is 0 Å². The van der Waals surface area contributed by atoms with E-state index in [0.29, 0.717) is 6.61 Å². The quantitative estimate of drug-likeness (QED) is 0.886. The Morgan fingerprint density at radius 2 is 1.89 bits per heavy atom. The fourth-order valence-electron chi connectivity index (χ4n) is 2.10. The SMILES string of the molecule is CNC(COC1COC1)c1ccc(C(C)(C)C)cc1. The Morgan fingerprint density at radius 1 is 1.26 bits per heavy atom. The van der Waals surface area contributed by atoms with Gasteiger partial charge in [0.1, 0.15) is 6.10 Å². The Labute approximate surface area is 116 Å². The first kappa shape index (κ1) is 14.5. The molecule has 1 atom stereocenters. The Balaban J connectivity index is 1.97. The first-order valence-electron chi connectivity index (χ1n) is 6.98. The molecule has 2 rings (SSSR count). The molecule has 0 saturated carbocycles. The summed E-state index contributed by atoms with van der Waals surface area (Å²) >= 11 is 0. The van der Waals surface area contributed by atoms with Crippen LogP contribution in [0.4, 0.5) is 0 Å². The molecule has 0 bridgehead atoms. The third-order valence-corrected chi connectivity index (χ3v) is 3.63. The molecule has 0 amide bonds. The number of ether oxygens (including phenoxy) is 2. The summed E-state index contributed by atoms with van der Waals surface area (Å²) in [5.41, 5.74) is 2.84. The number of hydrogen-bond donors (Lipinski definition) is 1. The monoisotopic (exact) mass is 263 g/mol. The van der Waals surface area contributed by atoms with Gasteiger partial charge in [0.05, 0.1) is 25.9 Å². The van der Waals surface area contributed by atoms with Crippen LogP contribution in [0.3, 0.4) is 0 Å². The van der Waals surface area contributed by atoms with Crippen molar-refractivity contribution in [3.8, 4) is 0 Å². The van der Waals surface area contributed by atoms with Crippen LogP contribution in [-0.4, -0.2) is 33.0 Å². The average Bonchev–Trinajstić information content (AvgIpc) is 2.31. The van der Waals surface area contributed by atoms with E-state index in [-0.39, 0.29) is 17.6 Å². The van der Waals surface area contributed by atoms with E-state index in [9.17, 15) is 0 Å².